The molecule has 4 N–H and O–H groups in total. The zero-order valence-corrected chi connectivity index (χ0v) is 10.1. The van der Waals surface area contributed by atoms with E-state index in [4.69, 9.17) is 27.8 Å². The summed E-state index contributed by atoms with van der Waals surface area (Å²) in [5.41, 5.74) is 10.2. The monoisotopic (exact) mass is 273 g/mol. The number of hydrogen-bond donors (Lipinski definition) is 2. The molecule has 1 amide bonds. The van der Waals surface area contributed by atoms with Gasteiger partial charge in [-0.2, -0.15) is 0 Å². The van der Waals surface area contributed by atoms with Crippen LogP contribution in [0, 0.1) is 10.1 Å². The quantitative estimate of drug-likeness (QED) is 0.587. The van der Waals surface area contributed by atoms with Gasteiger partial charge in [-0.15, -0.1) is 0 Å². The summed E-state index contributed by atoms with van der Waals surface area (Å²) in [5, 5.41) is 11.0. The fourth-order valence-electron chi connectivity index (χ4n) is 1.19. The van der Waals surface area contributed by atoms with Gasteiger partial charge in [0.1, 0.15) is 0 Å². The summed E-state index contributed by atoms with van der Waals surface area (Å²) in [6.45, 7) is 0.0330. The number of amides is 1. The van der Waals surface area contributed by atoms with Gasteiger partial charge in [-0.3, -0.25) is 14.9 Å². The number of halogens is 1. The first kappa shape index (κ1) is 14.2. The molecular formula is C10H12ClN3O4. The van der Waals surface area contributed by atoms with Gasteiger partial charge < -0.3 is 16.2 Å². The van der Waals surface area contributed by atoms with E-state index in [1.54, 1.807) is 0 Å². The Bertz CT molecular complexity index is 466. The molecule has 0 heterocycles. The number of nitro benzene ring substituents is 1. The van der Waals surface area contributed by atoms with Gasteiger partial charge in [0.2, 0.25) is 5.91 Å². The number of nitrogens with zero attached hydrogens (tertiary/aromatic N) is 1. The van der Waals surface area contributed by atoms with Crippen molar-refractivity contribution in [3.8, 4) is 5.75 Å². The second kappa shape index (κ2) is 6.18. The Morgan fingerprint density at radius 2 is 2.22 bits per heavy atom. The standard InChI is InChI=1S/C10H12ClN3O4/c11-6-1-2-8(14(16)17)9(5-6)18-4-3-7(12)10(13)15/h1-2,5,7H,3-4,12H2,(H2,13,15). The van der Waals surface area contributed by atoms with Crippen LogP contribution in [0.4, 0.5) is 5.69 Å². The highest BCUT2D eigenvalue weighted by Gasteiger charge is 2.16. The number of hydrogen-bond acceptors (Lipinski definition) is 5. The van der Waals surface area contributed by atoms with E-state index in [0.717, 1.165) is 0 Å². The molecule has 0 saturated heterocycles. The fourth-order valence-corrected chi connectivity index (χ4v) is 1.35. The Kier molecular flexibility index (Phi) is 4.87. The van der Waals surface area contributed by atoms with E-state index in [1.165, 1.54) is 18.2 Å². The highest BCUT2D eigenvalue weighted by atomic mass is 35.5. The van der Waals surface area contributed by atoms with Crippen LogP contribution in [0.5, 0.6) is 5.75 Å². The minimum Gasteiger partial charge on any atom is -0.487 e. The second-order valence-electron chi connectivity index (χ2n) is 3.52. The van der Waals surface area contributed by atoms with Crippen LogP contribution in [0.1, 0.15) is 6.42 Å². The minimum absolute atomic E-state index is 0.0316. The molecule has 0 saturated carbocycles. The molecule has 1 aromatic rings. The summed E-state index contributed by atoms with van der Waals surface area (Å²) in [6.07, 6.45) is 0.166. The third kappa shape index (κ3) is 3.86. The van der Waals surface area contributed by atoms with Crippen LogP contribution in [-0.4, -0.2) is 23.5 Å². The lowest BCUT2D eigenvalue weighted by atomic mass is 10.2. The van der Waals surface area contributed by atoms with Crippen molar-refractivity contribution in [2.24, 2.45) is 11.5 Å². The number of carbonyl (C=O) groups is 1. The summed E-state index contributed by atoms with van der Waals surface area (Å²) < 4.78 is 5.19. The molecule has 0 fully saturated rings. The number of nitro groups is 1. The van der Waals surface area contributed by atoms with E-state index in [-0.39, 0.29) is 24.5 Å². The Morgan fingerprint density at radius 3 is 2.78 bits per heavy atom. The number of ether oxygens (including phenoxy) is 1. The molecule has 1 unspecified atom stereocenters. The van der Waals surface area contributed by atoms with Crippen molar-refractivity contribution in [1.82, 2.24) is 0 Å². The van der Waals surface area contributed by atoms with Gasteiger partial charge in [-0.25, -0.2) is 0 Å². The maximum absolute atomic E-state index is 10.7. The van der Waals surface area contributed by atoms with E-state index >= 15 is 0 Å². The molecule has 0 aliphatic heterocycles. The number of nitrogens with two attached hydrogens (primary N) is 2. The molecule has 0 radical (unpaired) electrons. The summed E-state index contributed by atoms with van der Waals surface area (Å²) >= 11 is 5.71. The lowest BCUT2D eigenvalue weighted by molar-refractivity contribution is -0.385. The Morgan fingerprint density at radius 1 is 1.56 bits per heavy atom. The molecule has 1 rings (SSSR count). The summed E-state index contributed by atoms with van der Waals surface area (Å²) in [5.74, 6) is -0.622. The van der Waals surface area contributed by atoms with Crippen LogP contribution in [0.3, 0.4) is 0 Å². The minimum atomic E-state index is -0.844. The molecule has 0 aliphatic rings. The average molecular weight is 274 g/mol. The van der Waals surface area contributed by atoms with Gasteiger partial charge in [0, 0.05) is 23.6 Å². The van der Waals surface area contributed by atoms with Crippen molar-refractivity contribution in [1.29, 1.82) is 0 Å². The Balaban J connectivity index is 2.69. The van der Waals surface area contributed by atoms with Gasteiger partial charge >= 0.3 is 5.69 Å². The van der Waals surface area contributed by atoms with Crippen molar-refractivity contribution in [2.75, 3.05) is 6.61 Å². The predicted molar refractivity (Wildman–Crippen MR) is 65.4 cm³/mol. The lowest BCUT2D eigenvalue weighted by Gasteiger charge is -2.09. The molecule has 8 heteroatoms. The van der Waals surface area contributed by atoms with E-state index in [9.17, 15) is 14.9 Å². The Hall–Kier alpha value is -1.86. The second-order valence-corrected chi connectivity index (χ2v) is 3.95. The Labute approximate surface area is 108 Å². The highest BCUT2D eigenvalue weighted by Crippen LogP contribution is 2.29. The van der Waals surface area contributed by atoms with Crippen LogP contribution < -0.4 is 16.2 Å². The number of rotatable bonds is 6. The van der Waals surface area contributed by atoms with Gasteiger partial charge in [0.15, 0.2) is 5.75 Å². The van der Waals surface area contributed by atoms with Crippen LogP contribution in [0.15, 0.2) is 18.2 Å². The average Bonchev–Trinajstić information content (AvgIpc) is 2.28. The topological polar surface area (TPSA) is 121 Å². The van der Waals surface area contributed by atoms with E-state index in [1.807, 2.05) is 0 Å². The highest BCUT2D eigenvalue weighted by molar-refractivity contribution is 6.30. The van der Waals surface area contributed by atoms with Crippen molar-refractivity contribution < 1.29 is 14.5 Å². The predicted octanol–water partition coefficient (Wildman–Crippen LogP) is 0.830. The molecule has 18 heavy (non-hydrogen) atoms. The van der Waals surface area contributed by atoms with Crippen molar-refractivity contribution >= 4 is 23.2 Å². The number of primary amides is 1. The van der Waals surface area contributed by atoms with E-state index in [0.29, 0.717) is 5.02 Å². The van der Waals surface area contributed by atoms with Crippen LogP contribution in [0.2, 0.25) is 5.02 Å². The molecule has 0 aliphatic carbocycles. The SMILES string of the molecule is NC(=O)C(N)CCOc1cc(Cl)ccc1[N+](=O)[O-]. The zero-order valence-electron chi connectivity index (χ0n) is 9.34. The number of benzene rings is 1. The van der Waals surface area contributed by atoms with E-state index < -0.39 is 16.9 Å². The summed E-state index contributed by atoms with van der Waals surface area (Å²) in [6, 6.07) is 3.12. The van der Waals surface area contributed by atoms with E-state index in [2.05, 4.69) is 0 Å². The molecular weight excluding hydrogens is 262 g/mol. The van der Waals surface area contributed by atoms with Crippen molar-refractivity contribution in [3.05, 3.63) is 33.3 Å². The summed E-state index contributed by atoms with van der Waals surface area (Å²) in [7, 11) is 0. The smallest absolute Gasteiger partial charge is 0.311 e. The van der Waals surface area contributed by atoms with Gasteiger partial charge in [0.05, 0.1) is 17.6 Å². The third-order valence-electron chi connectivity index (χ3n) is 2.17. The van der Waals surface area contributed by atoms with Gasteiger partial charge in [-0.1, -0.05) is 11.6 Å². The van der Waals surface area contributed by atoms with Crippen LogP contribution >= 0.6 is 11.6 Å². The first-order chi connectivity index (χ1) is 8.41. The van der Waals surface area contributed by atoms with Crippen molar-refractivity contribution in [2.45, 2.75) is 12.5 Å². The molecule has 0 bridgehead atoms. The first-order valence-electron chi connectivity index (χ1n) is 5.03. The zero-order chi connectivity index (χ0) is 13.7. The van der Waals surface area contributed by atoms with Crippen LogP contribution in [0.25, 0.3) is 0 Å². The molecule has 0 aromatic heterocycles. The third-order valence-corrected chi connectivity index (χ3v) is 2.41. The maximum Gasteiger partial charge on any atom is 0.311 e. The first-order valence-corrected chi connectivity index (χ1v) is 5.41. The molecule has 98 valence electrons. The largest absolute Gasteiger partial charge is 0.487 e. The fraction of sp³-hybridized carbons (Fsp3) is 0.300. The van der Waals surface area contributed by atoms with Crippen molar-refractivity contribution in [3.63, 3.8) is 0 Å². The molecule has 0 spiro atoms. The van der Waals surface area contributed by atoms with Gasteiger partial charge in [0.25, 0.3) is 0 Å². The molecule has 1 atom stereocenters. The van der Waals surface area contributed by atoms with Crippen LogP contribution in [-0.2, 0) is 4.79 Å². The van der Waals surface area contributed by atoms with Gasteiger partial charge in [-0.05, 0) is 6.07 Å². The summed E-state index contributed by atoms with van der Waals surface area (Å²) in [4.78, 5) is 20.8. The molecule has 7 nitrogen and oxygen atoms in total. The maximum atomic E-state index is 10.7. The normalized spacial score (nSPS) is 11.9. The molecule has 1 aromatic carbocycles. The number of carbonyl (C=O) groups excluding carboxylic acids is 1. The lowest BCUT2D eigenvalue weighted by Crippen LogP contribution is -2.37.